The zero-order valence-corrected chi connectivity index (χ0v) is 21.3. The van der Waals surface area contributed by atoms with E-state index < -0.39 is 6.10 Å². The van der Waals surface area contributed by atoms with Gasteiger partial charge in [-0.3, -0.25) is 9.59 Å². The Morgan fingerprint density at radius 2 is 1.88 bits per heavy atom. The Morgan fingerprint density at radius 1 is 1.15 bits per heavy atom. The van der Waals surface area contributed by atoms with Crippen LogP contribution in [0.1, 0.15) is 25.2 Å². The first-order chi connectivity index (χ1) is 16.3. The molecule has 0 saturated heterocycles. The van der Waals surface area contributed by atoms with Crippen LogP contribution in [0.15, 0.2) is 47.6 Å². The van der Waals surface area contributed by atoms with Gasteiger partial charge in [0.2, 0.25) is 5.91 Å². The van der Waals surface area contributed by atoms with E-state index in [1.165, 1.54) is 17.3 Å². The molecule has 2 N–H and O–H groups in total. The predicted octanol–water partition coefficient (Wildman–Crippen LogP) is 4.50. The van der Waals surface area contributed by atoms with E-state index in [4.69, 9.17) is 27.9 Å². The van der Waals surface area contributed by atoms with Crippen molar-refractivity contribution in [2.24, 2.45) is 7.05 Å². The summed E-state index contributed by atoms with van der Waals surface area (Å²) in [6, 6.07) is 12.5. The Hall–Kier alpha value is -2.75. The molecule has 0 fully saturated rings. The van der Waals surface area contributed by atoms with E-state index in [-0.39, 0.29) is 24.1 Å². The second kappa shape index (κ2) is 12.1. The molecule has 1 atom stereocenters. The van der Waals surface area contributed by atoms with Crippen molar-refractivity contribution < 1.29 is 14.3 Å². The number of rotatable bonds is 10. The molecular weight excluding hydrogens is 497 g/mol. The van der Waals surface area contributed by atoms with Crippen LogP contribution in [0.5, 0.6) is 5.75 Å². The highest BCUT2D eigenvalue weighted by Crippen LogP contribution is 2.26. The molecule has 0 radical (unpaired) electrons. The van der Waals surface area contributed by atoms with Gasteiger partial charge in [-0.05, 0) is 49.2 Å². The van der Waals surface area contributed by atoms with Gasteiger partial charge in [-0.15, -0.1) is 10.2 Å². The van der Waals surface area contributed by atoms with Gasteiger partial charge in [-0.2, -0.15) is 0 Å². The maximum Gasteiger partial charge on any atom is 0.261 e. The normalized spacial score (nSPS) is 11.7. The summed E-state index contributed by atoms with van der Waals surface area (Å²) in [4.78, 5) is 24.7. The molecule has 0 saturated carbocycles. The maximum absolute atomic E-state index is 12.4. The largest absolute Gasteiger partial charge is 0.481 e. The number of thioether (sulfide) groups is 1. The van der Waals surface area contributed by atoms with E-state index in [2.05, 4.69) is 27.8 Å². The Morgan fingerprint density at radius 3 is 2.56 bits per heavy atom. The molecule has 3 rings (SSSR count). The standard InChI is InChI=1S/C23H25Cl2N5O3S/c1-4-15-5-8-17(9-6-15)33-14(2)22(32)26-12-20-28-29-23(30(20)3)34-13-21(31)27-19-10-7-16(24)11-18(19)25/h5-11,14H,4,12-13H2,1-3H3,(H,26,32)(H,27,31)/t14-/m1/s1. The summed E-state index contributed by atoms with van der Waals surface area (Å²) < 4.78 is 7.43. The minimum atomic E-state index is -0.669. The van der Waals surface area contributed by atoms with Gasteiger partial charge >= 0.3 is 0 Å². The van der Waals surface area contributed by atoms with Crippen LogP contribution in [0.4, 0.5) is 5.69 Å². The van der Waals surface area contributed by atoms with Crippen LogP contribution in [-0.2, 0) is 29.6 Å². The van der Waals surface area contributed by atoms with E-state index >= 15 is 0 Å². The first kappa shape index (κ1) is 25.9. The highest BCUT2D eigenvalue weighted by Gasteiger charge is 2.17. The summed E-state index contributed by atoms with van der Waals surface area (Å²) >= 11 is 13.2. The quantitative estimate of drug-likeness (QED) is 0.381. The number of aromatic nitrogens is 3. The third-order valence-electron chi connectivity index (χ3n) is 4.90. The van der Waals surface area contributed by atoms with Crippen LogP contribution in [0.25, 0.3) is 0 Å². The van der Waals surface area contributed by atoms with Crippen molar-refractivity contribution in [3.63, 3.8) is 0 Å². The molecule has 0 spiro atoms. The number of nitrogens with zero attached hydrogens (tertiary/aromatic N) is 3. The maximum atomic E-state index is 12.4. The van der Waals surface area contributed by atoms with E-state index in [1.807, 2.05) is 24.3 Å². The van der Waals surface area contributed by atoms with Crippen molar-refractivity contribution in [2.75, 3.05) is 11.1 Å². The van der Waals surface area contributed by atoms with Gasteiger partial charge in [-0.25, -0.2) is 0 Å². The molecule has 2 aromatic carbocycles. The van der Waals surface area contributed by atoms with Gasteiger partial charge in [0.1, 0.15) is 5.75 Å². The predicted molar refractivity (Wildman–Crippen MR) is 135 cm³/mol. The Bertz CT molecular complexity index is 1150. The number of halogens is 2. The van der Waals surface area contributed by atoms with Gasteiger partial charge in [-0.1, -0.05) is 54.0 Å². The molecule has 0 aliphatic carbocycles. The monoisotopic (exact) mass is 521 g/mol. The van der Waals surface area contributed by atoms with Gasteiger partial charge < -0.3 is 19.9 Å². The minimum absolute atomic E-state index is 0.110. The number of nitrogens with one attached hydrogen (secondary N) is 2. The lowest BCUT2D eigenvalue weighted by Gasteiger charge is -2.15. The van der Waals surface area contributed by atoms with Gasteiger partial charge in [0, 0.05) is 12.1 Å². The summed E-state index contributed by atoms with van der Waals surface area (Å²) in [5, 5.41) is 15.1. The molecule has 0 aliphatic rings. The summed E-state index contributed by atoms with van der Waals surface area (Å²) in [5.41, 5.74) is 1.68. The lowest BCUT2D eigenvalue weighted by Crippen LogP contribution is -2.36. The summed E-state index contributed by atoms with van der Waals surface area (Å²) in [6.45, 7) is 3.94. The molecule has 1 heterocycles. The Balaban J connectivity index is 1.47. The van der Waals surface area contributed by atoms with Crippen LogP contribution in [-0.4, -0.2) is 38.4 Å². The molecule has 1 aromatic heterocycles. The number of ether oxygens (including phenoxy) is 1. The highest BCUT2D eigenvalue weighted by atomic mass is 35.5. The van der Waals surface area contributed by atoms with Gasteiger partial charge in [0.15, 0.2) is 17.1 Å². The first-order valence-electron chi connectivity index (χ1n) is 10.6. The van der Waals surface area contributed by atoms with Crippen molar-refractivity contribution in [1.29, 1.82) is 0 Å². The molecule has 0 aliphatic heterocycles. The highest BCUT2D eigenvalue weighted by molar-refractivity contribution is 7.99. The SMILES string of the molecule is CCc1ccc(O[C@H](C)C(=O)NCc2nnc(SCC(=O)Nc3ccc(Cl)cc3Cl)n2C)cc1. The van der Waals surface area contributed by atoms with E-state index in [0.29, 0.717) is 32.5 Å². The summed E-state index contributed by atoms with van der Waals surface area (Å²) in [5.74, 6) is 0.784. The minimum Gasteiger partial charge on any atom is -0.481 e. The number of anilines is 1. The van der Waals surface area contributed by atoms with E-state index in [9.17, 15) is 9.59 Å². The molecule has 180 valence electrons. The van der Waals surface area contributed by atoms with Crippen molar-refractivity contribution in [2.45, 2.75) is 38.1 Å². The third-order valence-corrected chi connectivity index (χ3v) is 6.47. The lowest BCUT2D eigenvalue weighted by molar-refractivity contribution is -0.127. The van der Waals surface area contributed by atoms with Crippen LogP contribution < -0.4 is 15.4 Å². The fourth-order valence-corrected chi connectivity index (χ4v) is 4.09. The smallest absolute Gasteiger partial charge is 0.261 e. The number of hydrogen-bond donors (Lipinski definition) is 2. The number of amides is 2. The molecule has 0 unspecified atom stereocenters. The van der Waals surface area contributed by atoms with Gasteiger partial charge in [0.05, 0.1) is 23.0 Å². The van der Waals surface area contributed by atoms with E-state index in [0.717, 1.165) is 6.42 Å². The Kier molecular flexibility index (Phi) is 9.20. The number of carbonyl (C=O) groups is 2. The second-order valence-electron chi connectivity index (χ2n) is 7.39. The molecule has 2 amide bonds. The van der Waals surface area contributed by atoms with Crippen LogP contribution in [0, 0.1) is 0 Å². The third kappa shape index (κ3) is 7.12. The molecular formula is C23H25Cl2N5O3S. The molecule has 3 aromatic rings. The fourth-order valence-electron chi connectivity index (χ4n) is 2.90. The molecule has 0 bridgehead atoms. The first-order valence-corrected chi connectivity index (χ1v) is 12.3. The molecule has 8 nitrogen and oxygen atoms in total. The average molecular weight is 522 g/mol. The van der Waals surface area contributed by atoms with Crippen molar-refractivity contribution in [3.8, 4) is 5.75 Å². The molecule has 11 heteroatoms. The van der Waals surface area contributed by atoms with Gasteiger partial charge in [0.25, 0.3) is 5.91 Å². The molecule has 34 heavy (non-hydrogen) atoms. The number of benzene rings is 2. The van der Waals surface area contributed by atoms with Crippen molar-refractivity contribution >= 4 is 52.5 Å². The summed E-state index contributed by atoms with van der Waals surface area (Å²) in [7, 11) is 1.77. The number of aryl methyl sites for hydroxylation is 1. The lowest BCUT2D eigenvalue weighted by atomic mass is 10.2. The fraction of sp³-hybridized carbons (Fsp3) is 0.304. The van der Waals surface area contributed by atoms with Crippen molar-refractivity contribution in [3.05, 3.63) is 63.9 Å². The van der Waals surface area contributed by atoms with Crippen LogP contribution >= 0.6 is 35.0 Å². The van der Waals surface area contributed by atoms with Crippen LogP contribution in [0.2, 0.25) is 10.0 Å². The zero-order chi connectivity index (χ0) is 24.7. The Labute approximate surface area is 212 Å². The number of hydrogen-bond acceptors (Lipinski definition) is 6. The zero-order valence-electron chi connectivity index (χ0n) is 19.0. The van der Waals surface area contributed by atoms with E-state index in [1.54, 1.807) is 36.7 Å². The second-order valence-corrected chi connectivity index (χ2v) is 9.18. The topological polar surface area (TPSA) is 98.1 Å². The average Bonchev–Trinajstić information content (AvgIpc) is 3.17. The van der Waals surface area contributed by atoms with Crippen molar-refractivity contribution in [1.82, 2.24) is 20.1 Å². The number of carbonyl (C=O) groups excluding carboxylic acids is 2. The van der Waals surface area contributed by atoms with Crippen LogP contribution in [0.3, 0.4) is 0 Å². The summed E-state index contributed by atoms with van der Waals surface area (Å²) in [6.07, 6.45) is 0.272.